The minimum atomic E-state index is -1.06. The van der Waals surface area contributed by atoms with Crippen LogP contribution in [0.15, 0.2) is 54.7 Å². The van der Waals surface area contributed by atoms with E-state index >= 15 is 0 Å². The smallest absolute Gasteiger partial charge is 0.335 e. The van der Waals surface area contributed by atoms with Crippen LogP contribution in [0.4, 0.5) is 8.78 Å². The van der Waals surface area contributed by atoms with Crippen molar-refractivity contribution in [3.8, 4) is 22.6 Å². The molecule has 0 saturated heterocycles. The minimum absolute atomic E-state index is 0.0703. The van der Waals surface area contributed by atoms with Crippen molar-refractivity contribution in [1.29, 1.82) is 0 Å². The van der Waals surface area contributed by atoms with Gasteiger partial charge in [0.15, 0.2) is 5.75 Å². The minimum Gasteiger partial charge on any atom is -0.503 e. The van der Waals surface area contributed by atoms with E-state index in [0.717, 1.165) is 5.69 Å². The number of carboxylic acid groups (broad SMARTS) is 1. The molecule has 2 aromatic carbocycles. The van der Waals surface area contributed by atoms with E-state index in [1.54, 1.807) is 24.3 Å². The fraction of sp³-hybridized carbons (Fsp3) is 0.200. The van der Waals surface area contributed by atoms with Crippen LogP contribution in [0.3, 0.4) is 0 Å². The van der Waals surface area contributed by atoms with Crippen LogP contribution in [-0.4, -0.2) is 25.7 Å². The maximum Gasteiger partial charge on any atom is 0.335 e. The van der Waals surface area contributed by atoms with Gasteiger partial charge in [-0.15, -0.1) is 0 Å². The average molecular weight is 438 g/mol. The topological polar surface area (TPSA) is 75.3 Å². The van der Waals surface area contributed by atoms with E-state index in [4.69, 9.17) is 0 Å². The molecule has 166 valence electrons. The summed E-state index contributed by atoms with van der Waals surface area (Å²) in [6.07, 6.45) is 1.33. The summed E-state index contributed by atoms with van der Waals surface area (Å²) >= 11 is 0. The van der Waals surface area contributed by atoms with Crippen molar-refractivity contribution in [2.24, 2.45) is 0 Å². The fourth-order valence-electron chi connectivity index (χ4n) is 3.74. The molecule has 0 saturated carbocycles. The Bertz CT molecular complexity index is 1260. The van der Waals surface area contributed by atoms with Crippen LogP contribution >= 0.6 is 0 Å². The summed E-state index contributed by atoms with van der Waals surface area (Å²) in [5.41, 5.74) is 3.15. The molecule has 2 aromatic heterocycles. The molecule has 0 aliphatic rings. The lowest BCUT2D eigenvalue weighted by Gasteiger charge is -2.15. The molecule has 32 heavy (non-hydrogen) atoms. The molecule has 7 heteroatoms. The van der Waals surface area contributed by atoms with Gasteiger partial charge in [0.1, 0.15) is 5.82 Å². The Labute approximate surface area is 184 Å². The van der Waals surface area contributed by atoms with Gasteiger partial charge in [0, 0.05) is 16.9 Å². The molecule has 0 bridgehead atoms. The molecule has 0 amide bonds. The number of halogens is 2. The highest BCUT2D eigenvalue weighted by Crippen LogP contribution is 2.44. The van der Waals surface area contributed by atoms with Gasteiger partial charge in [0.2, 0.25) is 0 Å². The van der Waals surface area contributed by atoms with Crippen LogP contribution in [0, 0.1) is 11.8 Å². The van der Waals surface area contributed by atoms with E-state index < -0.39 is 23.5 Å². The Balaban J connectivity index is 0.00000141. The molecule has 2 heterocycles. The zero-order valence-corrected chi connectivity index (χ0v) is 18.2. The first-order valence-electron chi connectivity index (χ1n) is 10.3. The summed E-state index contributed by atoms with van der Waals surface area (Å²) in [5, 5.41) is 20.0. The molecule has 0 fully saturated rings. The molecule has 2 N–H and O–H groups in total. The van der Waals surface area contributed by atoms with Gasteiger partial charge in [-0.25, -0.2) is 14.2 Å². The molecular weight excluding hydrogens is 414 g/mol. The van der Waals surface area contributed by atoms with Gasteiger partial charge in [-0.3, -0.25) is 0 Å². The lowest BCUT2D eigenvalue weighted by molar-refractivity contribution is 0.0697. The van der Waals surface area contributed by atoms with E-state index in [1.807, 2.05) is 32.3 Å². The van der Waals surface area contributed by atoms with Crippen LogP contribution < -0.4 is 0 Å². The molecule has 0 radical (unpaired) electrons. The fourth-order valence-corrected chi connectivity index (χ4v) is 3.74. The van der Waals surface area contributed by atoms with Gasteiger partial charge in [0.05, 0.1) is 22.7 Å². The van der Waals surface area contributed by atoms with Gasteiger partial charge < -0.3 is 14.8 Å². The van der Waals surface area contributed by atoms with E-state index in [9.17, 15) is 23.8 Å². The van der Waals surface area contributed by atoms with E-state index in [1.165, 1.54) is 30.5 Å². The Morgan fingerprint density at radius 3 is 2.12 bits per heavy atom. The monoisotopic (exact) mass is 438 g/mol. The number of aromatic hydroxyl groups is 1. The molecular formula is C25H24F2N2O3. The van der Waals surface area contributed by atoms with Crippen LogP contribution in [-0.2, 0) is 0 Å². The van der Waals surface area contributed by atoms with Gasteiger partial charge in [0.25, 0.3) is 5.95 Å². The van der Waals surface area contributed by atoms with Gasteiger partial charge in [-0.1, -0.05) is 39.8 Å². The molecule has 4 rings (SSSR count). The van der Waals surface area contributed by atoms with Crippen molar-refractivity contribution in [3.05, 3.63) is 77.8 Å². The molecule has 5 nitrogen and oxygen atoms in total. The lowest BCUT2D eigenvalue weighted by atomic mass is 9.96. The van der Waals surface area contributed by atoms with Crippen molar-refractivity contribution in [1.82, 2.24) is 9.55 Å². The summed E-state index contributed by atoms with van der Waals surface area (Å²) in [5.74, 6) is -3.11. The Kier molecular flexibility index (Phi) is 6.58. The van der Waals surface area contributed by atoms with Crippen molar-refractivity contribution < 1.29 is 23.8 Å². The summed E-state index contributed by atoms with van der Waals surface area (Å²) in [7, 11) is 0. The highest BCUT2D eigenvalue weighted by molar-refractivity contribution is 6.03. The van der Waals surface area contributed by atoms with Gasteiger partial charge >= 0.3 is 5.97 Å². The van der Waals surface area contributed by atoms with E-state index in [2.05, 4.69) is 4.98 Å². The number of rotatable bonds is 4. The number of aromatic nitrogens is 2. The molecule has 0 aliphatic carbocycles. The normalized spacial score (nSPS) is 10.8. The van der Waals surface area contributed by atoms with Crippen LogP contribution in [0.5, 0.6) is 5.75 Å². The zero-order chi connectivity index (χ0) is 23.6. The highest BCUT2D eigenvalue weighted by atomic mass is 19.1. The zero-order valence-electron chi connectivity index (χ0n) is 18.2. The van der Waals surface area contributed by atoms with E-state index in [0.29, 0.717) is 22.3 Å². The molecule has 0 atom stereocenters. The largest absolute Gasteiger partial charge is 0.503 e. The third-order valence-electron chi connectivity index (χ3n) is 5.03. The summed E-state index contributed by atoms with van der Waals surface area (Å²) < 4.78 is 29.5. The third-order valence-corrected chi connectivity index (χ3v) is 5.03. The Hall–Kier alpha value is -3.74. The van der Waals surface area contributed by atoms with Gasteiger partial charge in [-0.2, -0.15) is 4.39 Å². The SMILES string of the molecule is CC.CC(C)c1c(-c2ccc(C(=O)O)cc2)c2c(O)c(F)ncc2n1-c1ccc(F)cc1. The van der Waals surface area contributed by atoms with Crippen molar-refractivity contribution in [3.63, 3.8) is 0 Å². The first kappa shape index (κ1) is 22.9. The number of hydrogen-bond donors (Lipinski definition) is 2. The van der Waals surface area contributed by atoms with Crippen molar-refractivity contribution >= 4 is 16.9 Å². The lowest BCUT2D eigenvalue weighted by Crippen LogP contribution is -2.03. The highest BCUT2D eigenvalue weighted by Gasteiger charge is 2.26. The van der Waals surface area contributed by atoms with Crippen LogP contribution in [0.1, 0.15) is 49.7 Å². The standard InChI is InChI=1S/C23H18F2N2O3.C2H6/c1-12(2)20-18(13-3-5-14(6-4-13)23(29)30)19-17(11-26-22(25)21(19)28)27(20)16-9-7-15(24)8-10-16;1-2/h3-12,28H,1-2H3,(H,29,30);1-2H3. The molecule has 4 aromatic rings. The third kappa shape index (κ3) is 3.93. The maximum atomic E-state index is 14.2. The Morgan fingerprint density at radius 2 is 1.59 bits per heavy atom. The summed E-state index contributed by atoms with van der Waals surface area (Å²) in [6.45, 7) is 7.90. The van der Waals surface area contributed by atoms with Crippen LogP contribution in [0.25, 0.3) is 27.7 Å². The van der Waals surface area contributed by atoms with Crippen molar-refractivity contribution in [2.45, 2.75) is 33.6 Å². The number of benzene rings is 2. The first-order valence-corrected chi connectivity index (χ1v) is 10.3. The predicted octanol–water partition coefficient (Wildman–Crippen LogP) is 6.52. The number of nitrogens with zero attached hydrogens (tertiary/aromatic N) is 2. The van der Waals surface area contributed by atoms with Crippen LogP contribution in [0.2, 0.25) is 0 Å². The average Bonchev–Trinajstić information content (AvgIpc) is 3.14. The van der Waals surface area contributed by atoms with Gasteiger partial charge in [-0.05, 0) is 47.9 Å². The number of carbonyl (C=O) groups is 1. The summed E-state index contributed by atoms with van der Waals surface area (Å²) in [6, 6.07) is 12.0. The maximum absolute atomic E-state index is 14.2. The molecule has 0 unspecified atom stereocenters. The second kappa shape index (κ2) is 9.18. The number of pyridine rings is 1. The second-order valence-electron chi connectivity index (χ2n) is 7.27. The second-order valence-corrected chi connectivity index (χ2v) is 7.27. The first-order chi connectivity index (χ1) is 15.3. The molecule has 0 aliphatic heterocycles. The Morgan fingerprint density at radius 1 is 1.00 bits per heavy atom. The van der Waals surface area contributed by atoms with E-state index in [-0.39, 0.29) is 16.9 Å². The molecule has 0 spiro atoms. The quantitative estimate of drug-likeness (QED) is 0.356. The number of aromatic carboxylic acids is 1. The van der Waals surface area contributed by atoms with Crippen molar-refractivity contribution in [2.75, 3.05) is 0 Å². The number of fused-ring (bicyclic) bond motifs is 1. The predicted molar refractivity (Wildman–Crippen MR) is 120 cm³/mol. The number of hydrogen-bond acceptors (Lipinski definition) is 3. The number of carboxylic acids is 1. The summed E-state index contributed by atoms with van der Waals surface area (Å²) in [4.78, 5) is 14.9.